The largest absolute Gasteiger partial charge is 0.255 e. The molecule has 1 aromatic rings. The van der Waals surface area contributed by atoms with E-state index in [9.17, 15) is 4.39 Å². The lowest BCUT2D eigenvalue weighted by Gasteiger charge is -2.03. The molecule has 0 aliphatic heterocycles. The summed E-state index contributed by atoms with van der Waals surface area (Å²) in [5.74, 6) is 3.18. The van der Waals surface area contributed by atoms with Crippen molar-refractivity contribution in [3.8, 4) is 12.3 Å². The standard InChI is InChI=1S/C11H12.C2H6.CH3F/c1-4-10-5-7-11(8-6-10)9(2)3;2*1-2/h1,5-9H,2-3H3;1-2H3;1H3. The molecule has 0 N–H and O–H groups in total. The van der Waals surface area contributed by atoms with Gasteiger partial charge in [-0.25, -0.2) is 0 Å². The van der Waals surface area contributed by atoms with Crippen LogP contribution in [-0.4, -0.2) is 7.18 Å². The molecule has 0 aromatic heterocycles. The molecule has 0 bridgehead atoms. The first kappa shape index (κ1) is 16.2. The second kappa shape index (κ2) is 10.8. The van der Waals surface area contributed by atoms with Crippen molar-refractivity contribution in [3.63, 3.8) is 0 Å². The maximum Gasteiger partial charge on any atom is 0.0785 e. The van der Waals surface area contributed by atoms with Crippen LogP contribution < -0.4 is 0 Å². The highest BCUT2D eigenvalue weighted by Gasteiger charge is 1.96. The molecule has 0 saturated heterocycles. The van der Waals surface area contributed by atoms with E-state index in [1.54, 1.807) is 0 Å². The second-order valence-electron chi connectivity index (χ2n) is 2.92. The van der Waals surface area contributed by atoms with E-state index in [0.29, 0.717) is 13.1 Å². The summed E-state index contributed by atoms with van der Waals surface area (Å²) in [7, 11) is 0.500. The maximum atomic E-state index is 9.50. The predicted molar refractivity (Wildman–Crippen MR) is 66.8 cm³/mol. The van der Waals surface area contributed by atoms with Crippen molar-refractivity contribution in [2.45, 2.75) is 33.6 Å². The monoisotopic (exact) mass is 208 g/mol. The van der Waals surface area contributed by atoms with E-state index in [2.05, 4.69) is 31.9 Å². The van der Waals surface area contributed by atoms with Crippen LogP contribution in [0.4, 0.5) is 4.39 Å². The van der Waals surface area contributed by atoms with Crippen molar-refractivity contribution in [2.75, 3.05) is 7.18 Å². The van der Waals surface area contributed by atoms with Gasteiger partial charge in [-0.2, -0.15) is 0 Å². The molecular formula is C14H21F. The average molecular weight is 208 g/mol. The first-order valence-electron chi connectivity index (χ1n) is 5.18. The van der Waals surface area contributed by atoms with Gasteiger partial charge in [-0.3, -0.25) is 4.39 Å². The average Bonchev–Trinajstić information content (AvgIpc) is 2.34. The van der Waals surface area contributed by atoms with Gasteiger partial charge in [0, 0.05) is 5.56 Å². The highest BCUT2D eigenvalue weighted by Crippen LogP contribution is 2.13. The van der Waals surface area contributed by atoms with Crippen LogP contribution in [0.2, 0.25) is 0 Å². The lowest BCUT2D eigenvalue weighted by atomic mass is 10.0. The fourth-order valence-corrected chi connectivity index (χ4v) is 0.964. The van der Waals surface area contributed by atoms with Gasteiger partial charge in [0.05, 0.1) is 7.18 Å². The Morgan fingerprint density at radius 2 is 1.47 bits per heavy atom. The van der Waals surface area contributed by atoms with E-state index in [-0.39, 0.29) is 0 Å². The minimum Gasteiger partial charge on any atom is -0.255 e. The van der Waals surface area contributed by atoms with Gasteiger partial charge in [0.15, 0.2) is 0 Å². The van der Waals surface area contributed by atoms with Gasteiger partial charge < -0.3 is 0 Å². The summed E-state index contributed by atoms with van der Waals surface area (Å²) in [5, 5.41) is 0. The van der Waals surface area contributed by atoms with Gasteiger partial charge in [-0.05, 0) is 23.6 Å². The molecule has 0 saturated carbocycles. The maximum absolute atomic E-state index is 9.50. The molecule has 0 nitrogen and oxygen atoms in total. The third-order valence-electron chi connectivity index (χ3n) is 1.74. The highest BCUT2D eigenvalue weighted by molar-refractivity contribution is 5.34. The molecular weight excluding hydrogens is 187 g/mol. The Morgan fingerprint density at radius 3 is 1.73 bits per heavy atom. The molecule has 1 aromatic carbocycles. The van der Waals surface area contributed by atoms with E-state index in [0.717, 1.165) is 5.56 Å². The van der Waals surface area contributed by atoms with Crippen molar-refractivity contribution < 1.29 is 4.39 Å². The Morgan fingerprint density at radius 1 is 1.07 bits per heavy atom. The molecule has 84 valence electrons. The molecule has 0 atom stereocenters. The summed E-state index contributed by atoms with van der Waals surface area (Å²) < 4.78 is 9.50. The van der Waals surface area contributed by atoms with E-state index in [1.807, 2.05) is 26.0 Å². The zero-order valence-electron chi connectivity index (χ0n) is 10.3. The van der Waals surface area contributed by atoms with Crippen molar-refractivity contribution in [2.24, 2.45) is 0 Å². The van der Waals surface area contributed by atoms with Crippen LogP contribution in [0.1, 0.15) is 44.7 Å². The number of hydrogen-bond donors (Lipinski definition) is 0. The van der Waals surface area contributed by atoms with Crippen LogP contribution in [0.5, 0.6) is 0 Å². The summed E-state index contributed by atoms with van der Waals surface area (Å²) in [4.78, 5) is 0. The van der Waals surface area contributed by atoms with Crippen molar-refractivity contribution >= 4 is 0 Å². The molecule has 0 aliphatic rings. The molecule has 0 heterocycles. The Balaban J connectivity index is 0. The van der Waals surface area contributed by atoms with Gasteiger partial charge in [0.1, 0.15) is 0 Å². The smallest absolute Gasteiger partial charge is 0.0785 e. The van der Waals surface area contributed by atoms with Crippen molar-refractivity contribution in [1.29, 1.82) is 0 Å². The fraction of sp³-hybridized carbons (Fsp3) is 0.429. The quantitative estimate of drug-likeness (QED) is 0.600. The summed E-state index contributed by atoms with van der Waals surface area (Å²) in [6.45, 7) is 8.34. The minimum atomic E-state index is 0.500. The number of alkyl halides is 1. The zero-order chi connectivity index (χ0) is 12.3. The zero-order valence-corrected chi connectivity index (χ0v) is 10.3. The number of terminal acetylenes is 1. The summed E-state index contributed by atoms with van der Waals surface area (Å²) in [6.07, 6.45) is 5.23. The van der Waals surface area contributed by atoms with E-state index in [1.165, 1.54) is 5.56 Å². The molecule has 1 rings (SSSR count). The molecule has 1 heteroatoms. The van der Waals surface area contributed by atoms with E-state index >= 15 is 0 Å². The first-order valence-corrected chi connectivity index (χ1v) is 5.18. The lowest BCUT2D eigenvalue weighted by molar-refractivity contribution is 0.636. The first-order chi connectivity index (χ1) is 7.24. The molecule has 15 heavy (non-hydrogen) atoms. The van der Waals surface area contributed by atoms with Crippen LogP contribution in [-0.2, 0) is 0 Å². The van der Waals surface area contributed by atoms with Gasteiger partial charge in [0.2, 0.25) is 0 Å². The number of rotatable bonds is 1. The van der Waals surface area contributed by atoms with E-state index in [4.69, 9.17) is 6.42 Å². The Labute approximate surface area is 93.5 Å². The summed E-state index contributed by atoms with van der Waals surface area (Å²) in [5.41, 5.74) is 2.29. The topological polar surface area (TPSA) is 0 Å². The van der Waals surface area contributed by atoms with Crippen molar-refractivity contribution in [3.05, 3.63) is 35.4 Å². The van der Waals surface area contributed by atoms with Crippen LogP contribution in [0, 0.1) is 12.3 Å². The molecule has 0 unspecified atom stereocenters. The SMILES string of the molecule is C#Cc1ccc(C(C)C)cc1.CC.CF. The minimum absolute atomic E-state index is 0.500. The number of halogens is 1. The van der Waals surface area contributed by atoms with Gasteiger partial charge in [-0.15, -0.1) is 6.42 Å². The van der Waals surface area contributed by atoms with Crippen LogP contribution in [0.3, 0.4) is 0 Å². The van der Waals surface area contributed by atoms with Gasteiger partial charge in [-0.1, -0.05) is 45.7 Å². The number of benzene rings is 1. The highest BCUT2D eigenvalue weighted by atomic mass is 19.1. The molecule has 0 fully saturated rings. The van der Waals surface area contributed by atoms with Crippen LogP contribution in [0.15, 0.2) is 24.3 Å². The molecule has 0 aliphatic carbocycles. The Hall–Kier alpha value is -1.29. The molecule has 0 amide bonds. The Kier molecular flexibility index (Phi) is 11.6. The predicted octanol–water partition coefficient (Wildman–Crippen LogP) is 4.40. The van der Waals surface area contributed by atoms with Gasteiger partial charge in [0.25, 0.3) is 0 Å². The van der Waals surface area contributed by atoms with E-state index < -0.39 is 0 Å². The van der Waals surface area contributed by atoms with Crippen molar-refractivity contribution in [1.82, 2.24) is 0 Å². The number of hydrogen-bond acceptors (Lipinski definition) is 0. The Bertz CT molecular complexity index is 264. The summed E-state index contributed by atoms with van der Waals surface area (Å²) >= 11 is 0. The normalized spacial score (nSPS) is 7.87. The molecule has 0 radical (unpaired) electrons. The fourth-order valence-electron chi connectivity index (χ4n) is 0.964. The van der Waals surface area contributed by atoms with Crippen LogP contribution in [0.25, 0.3) is 0 Å². The lowest BCUT2D eigenvalue weighted by Crippen LogP contribution is -1.85. The summed E-state index contributed by atoms with van der Waals surface area (Å²) in [6, 6.07) is 8.13. The second-order valence-corrected chi connectivity index (χ2v) is 2.92. The van der Waals surface area contributed by atoms with Crippen LogP contribution >= 0.6 is 0 Å². The van der Waals surface area contributed by atoms with Gasteiger partial charge >= 0.3 is 0 Å². The third kappa shape index (κ3) is 6.74. The molecule has 0 spiro atoms. The third-order valence-corrected chi connectivity index (χ3v) is 1.74.